The maximum Gasteiger partial charge on any atom is 0.307 e. The van der Waals surface area contributed by atoms with Gasteiger partial charge in [-0.25, -0.2) is 4.39 Å². The maximum atomic E-state index is 13.1. The van der Waals surface area contributed by atoms with Gasteiger partial charge in [0.25, 0.3) is 0 Å². The summed E-state index contributed by atoms with van der Waals surface area (Å²) >= 11 is 0. The van der Waals surface area contributed by atoms with Crippen LogP contribution in [0.15, 0.2) is 24.3 Å². The summed E-state index contributed by atoms with van der Waals surface area (Å²) in [6.45, 7) is 3.93. The average Bonchev–Trinajstić information content (AvgIpc) is 2.29. The predicted octanol–water partition coefficient (Wildman–Crippen LogP) is 2.34. The molecule has 1 unspecified atom stereocenters. The van der Waals surface area contributed by atoms with Crippen molar-refractivity contribution in [2.75, 3.05) is 6.61 Å². The van der Waals surface area contributed by atoms with Crippen molar-refractivity contribution in [1.29, 1.82) is 0 Å². The molecule has 0 aliphatic heterocycles. The lowest BCUT2D eigenvalue weighted by Gasteiger charge is -2.27. The number of rotatable bonds is 5. The quantitative estimate of drug-likeness (QED) is 0.802. The van der Waals surface area contributed by atoms with E-state index in [1.165, 1.54) is 12.1 Å². The zero-order chi connectivity index (χ0) is 12.9. The molecule has 0 amide bonds. The van der Waals surface area contributed by atoms with Crippen LogP contribution >= 0.6 is 0 Å². The fraction of sp³-hybridized carbons (Fsp3) is 0.462. The molecule has 1 aromatic carbocycles. The topological polar surface area (TPSA) is 52.3 Å². The van der Waals surface area contributed by atoms with Gasteiger partial charge in [0.15, 0.2) is 0 Å². The minimum atomic E-state index is -0.867. The van der Waals surface area contributed by atoms with Crippen molar-refractivity contribution in [2.24, 2.45) is 5.73 Å². The Morgan fingerprint density at radius 3 is 2.71 bits per heavy atom. The van der Waals surface area contributed by atoms with E-state index in [1.54, 1.807) is 19.1 Å². The molecule has 1 atom stereocenters. The molecule has 1 rings (SSSR count). The van der Waals surface area contributed by atoms with Crippen LogP contribution in [0.2, 0.25) is 0 Å². The van der Waals surface area contributed by atoms with E-state index >= 15 is 0 Å². The first kappa shape index (κ1) is 13.6. The van der Waals surface area contributed by atoms with Crippen molar-refractivity contribution in [3.8, 4) is 0 Å². The van der Waals surface area contributed by atoms with Crippen molar-refractivity contribution in [3.63, 3.8) is 0 Å². The highest BCUT2D eigenvalue weighted by Gasteiger charge is 2.29. The minimum Gasteiger partial charge on any atom is -0.466 e. The third kappa shape index (κ3) is 3.53. The Morgan fingerprint density at radius 1 is 1.47 bits per heavy atom. The van der Waals surface area contributed by atoms with E-state index < -0.39 is 5.54 Å². The standard InChI is InChI=1S/C13H18FNO2/c1-3-13(15,9-12(16)17-4-2)10-6-5-7-11(14)8-10/h5-8H,3-4,9,15H2,1-2H3. The summed E-state index contributed by atoms with van der Waals surface area (Å²) in [6.07, 6.45) is 0.593. The van der Waals surface area contributed by atoms with E-state index in [0.29, 0.717) is 18.6 Å². The molecular weight excluding hydrogens is 221 g/mol. The van der Waals surface area contributed by atoms with Crippen molar-refractivity contribution in [1.82, 2.24) is 0 Å². The van der Waals surface area contributed by atoms with Gasteiger partial charge in [-0.2, -0.15) is 0 Å². The number of benzene rings is 1. The van der Waals surface area contributed by atoms with Crippen molar-refractivity contribution in [2.45, 2.75) is 32.2 Å². The van der Waals surface area contributed by atoms with Crippen LogP contribution in [0.5, 0.6) is 0 Å². The van der Waals surface area contributed by atoms with Crippen LogP contribution in [0.25, 0.3) is 0 Å². The number of hydrogen-bond acceptors (Lipinski definition) is 3. The molecule has 0 aliphatic carbocycles. The number of ether oxygens (including phenoxy) is 1. The summed E-state index contributed by atoms with van der Waals surface area (Å²) in [6, 6.07) is 6.03. The Balaban J connectivity index is 2.91. The molecule has 4 heteroatoms. The second-order valence-corrected chi connectivity index (χ2v) is 4.00. The van der Waals surface area contributed by atoms with Gasteiger partial charge in [-0.1, -0.05) is 19.1 Å². The summed E-state index contributed by atoms with van der Waals surface area (Å²) in [4.78, 5) is 11.5. The summed E-state index contributed by atoms with van der Waals surface area (Å²) < 4.78 is 18.0. The zero-order valence-electron chi connectivity index (χ0n) is 10.2. The number of hydrogen-bond donors (Lipinski definition) is 1. The Kier molecular flexibility index (Phi) is 4.63. The van der Waals surface area contributed by atoms with Crippen LogP contribution in [-0.2, 0) is 15.1 Å². The molecule has 0 aliphatic rings. The van der Waals surface area contributed by atoms with E-state index in [2.05, 4.69) is 0 Å². The van der Waals surface area contributed by atoms with Crippen LogP contribution in [0.1, 0.15) is 32.3 Å². The first-order valence-electron chi connectivity index (χ1n) is 5.72. The lowest BCUT2D eigenvalue weighted by molar-refractivity contribution is -0.144. The molecule has 0 spiro atoms. The largest absolute Gasteiger partial charge is 0.466 e. The fourth-order valence-electron chi connectivity index (χ4n) is 1.70. The Hall–Kier alpha value is -1.42. The van der Waals surface area contributed by atoms with Gasteiger partial charge in [0.2, 0.25) is 0 Å². The van der Waals surface area contributed by atoms with Crippen molar-refractivity contribution >= 4 is 5.97 Å². The van der Waals surface area contributed by atoms with Crippen LogP contribution in [-0.4, -0.2) is 12.6 Å². The van der Waals surface area contributed by atoms with E-state index in [1.807, 2.05) is 6.92 Å². The summed E-state index contributed by atoms with van der Waals surface area (Å²) in [7, 11) is 0. The number of halogens is 1. The molecule has 0 fully saturated rings. The van der Waals surface area contributed by atoms with Crippen molar-refractivity contribution < 1.29 is 13.9 Å². The monoisotopic (exact) mass is 239 g/mol. The summed E-state index contributed by atoms with van der Waals surface area (Å²) in [5.74, 6) is -0.712. The van der Waals surface area contributed by atoms with Crippen molar-refractivity contribution in [3.05, 3.63) is 35.6 Å². The smallest absolute Gasteiger partial charge is 0.307 e. The number of carbonyl (C=O) groups is 1. The van der Waals surface area contributed by atoms with Crippen LogP contribution in [0, 0.1) is 5.82 Å². The molecule has 0 radical (unpaired) electrons. The van der Waals surface area contributed by atoms with Crippen LogP contribution in [0.4, 0.5) is 4.39 Å². The molecule has 3 nitrogen and oxygen atoms in total. The van der Waals surface area contributed by atoms with E-state index in [9.17, 15) is 9.18 Å². The van der Waals surface area contributed by atoms with Gasteiger partial charge in [0.05, 0.1) is 18.6 Å². The Bertz CT molecular complexity index is 395. The Morgan fingerprint density at radius 2 is 2.18 bits per heavy atom. The summed E-state index contributed by atoms with van der Waals surface area (Å²) in [5, 5.41) is 0. The molecule has 0 bridgehead atoms. The number of carbonyl (C=O) groups excluding carboxylic acids is 1. The molecule has 17 heavy (non-hydrogen) atoms. The van der Waals surface area contributed by atoms with Crippen LogP contribution < -0.4 is 5.73 Å². The predicted molar refractivity (Wildman–Crippen MR) is 63.8 cm³/mol. The SMILES string of the molecule is CCOC(=O)CC(N)(CC)c1cccc(F)c1. The lowest BCUT2D eigenvalue weighted by Crippen LogP contribution is -2.38. The maximum absolute atomic E-state index is 13.1. The minimum absolute atomic E-state index is 0.0563. The molecule has 1 aromatic rings. The lowest BCUT2D eigenvalue weighted by atomic mass is 9.85. The molecule has 94 valence electrons. The molecular formula is C13H18FNO2. The van der Waals surface area contributed by atoms with E-state index in [0.717, 1.165) is 0 Å². The molecule has 0 saturated carbocycles. The average molecular weight is 239 g/mol. The van der Waals surface area contributed by atoms with Gasteiger partial charge in [-0.05, 0) is 31.0 Å². The molecule has 0 heterocycles. The normalized spacial score (nSPS) is 14.1. The van der Waals surface area contributed by atoms with Gasteiger partial charge < -0.3 is 10.5 Å². The molecule has 0 aromatic heterocycles. The third-order valence-corrected chi connectivity index (χ3v) is 2.80. The van der Waals surface area contributed by atoms with Gasteiger partial charge in [0.1, 0.15) is 5.82 Å². The van der Waals surface area contributed by atoms with E-state index in [-0.39, 0.29) is 18.2 Å². The van der Waals surface area contributed by atoms with Gasteiger partial charge in [0, 0.05) is 0 Å². The third-order valence-electron chi connectivity index (χ3n) is 2.80. The zero-order valence-corrected chi connectivity index (χ0v) is 10.2. The highest BCUT2D eigenvalue weighted by Crippen LogP contribution is 2.26. The highest BCUT2D eigenvalue weighted by molar-refractivity contribution is 5.71. The highest BCUT2D eigenvalue weighted by atomic mass is 19.1. The van der Waals surface area contributed by atoms with Crippen LogP contribution in [0.3, 0.4) is 0 Å². The first-order chi connectivity index (χ1) is 8.01. The molecule has 2 N–H and O–H groups in total. The fourth-order valence-corrected chi connectivity index (χ4v) is 1.70. The molecule has 0 saturated heterocycles. The first-order valence-corrected chi connectivity index (χ1v) is 5.72. The van der Waals surface area contributed by atoms with Gasteiger partial charge in [-0.15, -0.1) is 0 Å². The number of esters is 1. The number of nitrogens with two attached hydrogens (primary N) is 1. The second-order valence-electron chi connectivity index (χ2n) is 4.00. The van der Waals surface area contributed by atoms with Gasteiger partial charge >= 0.3 is 5.97 Å². The van der Waals surface area contributed by atoms with Gasteiger partial charge in [-0.3, -0.25) is 4.79 Å². The Labute approximate surface area is 101 Å². The second kappa shape index (κ2) is 5.77. The summed E-state index contributed by atoms with van der Waals surface area (Å²) in [5.41, 5.74) is 5.90. The van der Waals surface area contributed by atoms with E-state index in [4.69, 9.17) is 10.5 Å².